The number of rotatable bonds is 3. The maximum atomic E-state index is 6.22. The van der Waals surface area contributed by atoms with Gasteiger partial charge in [-0.2, -0.15) is 0 Å². The van der Waals surface area contributed by atoms with E-state index in [1.165, 1.54) is 0 Å². The molecule has 4 nitrogen and oxygen atoms in total. The molecule has 3 heterocycles. The van der Waals surface area contributed by atoms with E-state index in [1.807, 2.05) is 43.5 Å². The Hall–Kier alpha value is -4.31. The highest BCUT2D eigenvalue weighted by molar-refractivity contribution is 6.09. The SMILES string of the molecule is Cc1nc(-c2ccc(-c3cccnc3)cc2)cc(-c2cccc3c2oc2ccccc23)n1. The van der Waals surface area contributed by atoms with Crippen LogP contribution in [-0.4, -0.2) is 15.0 Å². The van der Waals surface area contributed by atoms with Crippen molar-refractivity contribution in [1.29, 1.82) is 0 Å². The van der Waals surface area contributed by atoms with E-state index in [4.69, 9.17) is 14.4 Å². The minimum atomic E-state index is 0.724. The van der Waals surface area contributed by atoms with Crippen molar-refractivity contribution in [3.05, 3.63) is 103 Å². The van der Waals surface area contributed by atoms with Gasteiger partial charge in [-0.15, -0.1) is 0 Å². The lowest BCUT2D eigenvalue weighted by molar-refractivity contribution is 0.670. The molecule has 0 atom stereocenters. The molecule has 0 amide bonds. The van der Waals surface area contributed by atoms with Gasteiger partial charge in [-0.3, -0.25) is 4.98 Å². The highest BCUT2D eigenvalue weighted by Gasteiger charge is 2.14. The van der Waals surface area contributed by atoms with Crippen LogP contribution in [0.15, 0.2) is 102 Å². The van der Waals surface area contributed by atoms with Crippen molar-refractivity contribution in [2.75, 3.05) is 0 Å². The monoisotopic (exact) mass is 413 g/mol. The Balaban J connectivity index is 1.46. The Morgan fingerprint density at radius 3 is 2.28 bits per heavy atom. The van der Waals surface area contributed by atoms with Gasteiger partial charge < -0.3 is 4.42 Å². The molecule has 0 N–H and O–H groups in total. The van der Waals surface area contributed by atoms with E-state index in [0.29, 0.717) is 0 Å². The number of benzene rings is 3. The van der Waals surface area contributed by atoms with Crippen LogP contribution in [0.4, 0.5) is 0 Å². The minimum absolute atomic E-state index is 0.724. The average molecular weight is 413 g/mol. The van der Waals surface area contributed by atoms with Crippen LogP contribution in [0.3, 0.4) is 0 Å². The van der Waals surface area contributed by atoms with Crippen molar-refractivity contribution in [2.45, 2.75) is 6.92 Å². The topological polar surface area (TPSA) is 51.8 Å². The van der Waals surface area contributed by atoms with E-state index in [9.17, 15) is 0 Å². The van der Waals surface area contributed by atoms with Crippen molar-refractivity contribution in [3.8, 4) is 33.6 Å². The smallest absolute Gasteiger partial charge is 0.144 e. The molecule has 6 rings (SSSR count). The summed E-state index contributed by atoms with van der Waals surface area (Å²) in [7, 11) is 0. The van der Waals surface area contributed by atoms with Gasteiger partial charge in [0.2, 0.25) is 0 Å². The summed E-state index contributed by atoms with van der Waals surface area (Å²) in [5, 5.41) is 2.21. The quantitative estimate of drug-likeness (QED) is 0.311. The molecule has 4 heteroatoms. The van der Waals surface area contributed by atoms with Gasteiger partial charge in [-0.25, -0.2) is 9.97 Å². The maximum absolute atomic E-state index is 6.22. The second-order valence-corrected chi connectivity index (χ2v) is 7.79. The van der Waals surface area contributed by atoms with Gasteiger partial charge in [0.15, 0.2) is 0 Å². The van der Waals surface area contributed by atoms with Crippen LogP contribution in [0.5, 0.6) is 0 Å². The average Bonchev–Trinajstić information content (AvgIpc) is 3.23. The summed E-state index contributed by atoms with van der Waals surface area (Å²) in [4.78, 5) is 13.6. The first-order valence-electron chi connectivity index (χ1n) is 10.5. The summed E-state index contributed by atoms with van der Waals surface area (Å²) >= 11 is 0. The van der Waals surface area contributed by atoms with Crippen LogP contribution in [0.1, 0.15) is 5.82 Å². The molecular formula is C28H19N3O. The summed E-state index contributed by atoms with van der Waals surface area (Å²) in [5.74, 6) is 0.724. The van der Waals surface area contributed by atoms with Crippen molar-refractivity contribution in [2.24, 2.45) is 0 Å². The first-order valence-corrected chi connectivity index (χ1v) is 10.5. The zero-order valence-corrected chi connectivity index (χ0v) is 17.5. The fraction of sp³-hybridized carbons (Fsp3) is 0.0357. The normalized spacial score (nSPS) is 11.3. The number of nitrogens with zero attached hydrogens (tertiary/aromatic N) is 3. The van der Waals surface area contributed by atoms with Gasteiger partial charge in [0.25, 0.3) is 0 Å². The number of pyridine rings is 1. The third-order valence-corrected chi connectivity index (χ3v) is 5.69. The Bertz CT molecular complexity index is 1570. The number of hydrogen-bond donors (Lipinski definition) is 0. The fourth-order valence-electron chi connectivity index (χ4n) is 4.17. The molecule has 6 aromatic rings. The van der Waals surface area contributed by atoms with Gasteiger partial charge in [0.1, 0.15) is 17.0 Å². The van der Waals surface area contributed by atoms with Crippen LogP contribution < -0.4 is 0 Å². The standard InChI is InChI=1S/C28H19N3O/c1-18-30-25(20-13-11-19(12-14-20)21-6-5-15-29-17-21)16-26(31-18)24-9-4-8-23-22-7-2-3-10-27(22)32-28(23)24/h2-17H,1H3. The number of furan rings is 1. The Kier molecular flexibility index (Phi) is 4.29. The van der Waals surface area contributed by atoms with E-state index in [2.05, 4.69) is 59.6 Å². The van der Waals surface area contributed by atoms with Crippen molar-refractivity contribution >= 4 is 21.9 Å². The first kappa shape index (κ1) is 18.5. The molecule has 152 valence electrons. The second-order valence-electron chi connectivity index (χ2n) is 7.79. The van der Waals surface area contributed by atoms with Crippen LogP contribution in [0, 0.1) is 6.92 Å². The number of aryl methyl sites for hydroxylation is 1. The van der Waals surface area contributed by atoms with Crippen LogP contribution in [0.25, 0.3) is 55.6 Å². The van der Waals surface area contributed by atoms with E-state index in [1.54, 1.807) is 6.20 Å². The Labute approximate surface area is 185 Å². The van der Waals surface area contributed by atoms with Crippen LogP contribution >= 0.6 is 0 Å². The van der Waals surface area contributed by atoms with E-state index >= 15 is 0 Å². The second kappa shape index (κ2) is 7.43. The lowest BCUT2D eigenvalue weighted by atomic mass is 10.0. The summed E-state index contributed by atoms with van der Waals surface area (Å²) in [6, 6.07) is 28.7. The molecule has 0 spiro atoms. The molecule has 0 saturated carbocycles. The molecule has 0 unspecified atom stereocenters. The van der Waals surface area contributed by atoms with Crippen LogP contribution in [0.2, 0.25) is 0 Å². The molecule has 0 bridgehead atoms. The molecule has 0 radical (unpaired) electrons. The summed E-state index contributed by atoms with van der Waals surface area (Å²) in [6.45, 7) is 1.93. The number of para-hydroxylation sites is 2. The van der Waals surface area contributed by atoms with Gasteiger partial charge in [0, 0.05) is 34.3 Å². The van der Waals surface area contributed by atoms with Crippen LogP contribution in [-0.2, 0) is 0 Å². The van der Waals surface area contributed by atoms with E-state index in [0.717, 1.165) is 61.4 Å². The van der Waals surface area contributed by atoms with E-state index < -0.39 is 0 Å². The van der Waals surface area contributed by atoms with Gasteiger partial charge >= 0.3 is 0 Å². The van der Waals surface area contributed by atoms with Crippen molar-refractivity contribution in [1.82, 2.24) is 15.0 Å². The maximum Gasteiger partial charge on any atom is 0.144 e. The Morgan fingerprint density at radius 1 is 0.656 bits per heavy atom. The fourth-order valence-corrected chi connectivity index (χ4v) is 4.17. The third kappa shape index (κ3) is 3.13. The summed E-state index contributed by atoms with van der Waals surface area (Å²) < 4.78 is 6.22. The lowest BCUT2D eigenvalue weighted by Crippen LogP contribution is -1.95. The highest BCUT2D eigenvalue weighted by atomic mass is 16.3. The first-order chi connectivity index (χ1) is 15.8. The molecule has 0 saturated heterocycles. The zero-order valence-electron chi connectivity index (χ0n) is 17.5. The van der Waals surface area contributed by atoms with Crippen molar-refractivity contribution in [3.63, 3.8) is 0 Å². The zero-order chi connectivity index (χ0) is 21.5. The van der Waals surface area contributed by atoms with Gasteiger partial charge in [-0.1, -0.05) is 60.7 Å². The number of hydrogen-bond acceptors (Lipinski definition) is 4. The molecular weight excluding hydrogens is 394 g/mol. The number of aromatic nitrogens is 3. The molecule has 0 fully saturated rings. The molecule has 0 aliphatic carbocycles. The van der Waals surface area contributed by atoms with Gasteiger partial charge in [0.05, 0.1) is 11.4 Å². The lowest BCUT2D eigenvalue weighted by Gasteiger charge is -2.08. The molecule has 0 aliphatic heterocycles. The summed E-state index contributed by atoms with van der Waals surface area (Å²) in [5.41, 5.74) is 7.71. The largest absolute Gasteiger partial charge is 0.455 e. The molecule has 0 aliphatic rings. The van der Waals surface area contributed by atoms with Gasteiger partial charge in [-0.05, 0) is 42.3 Å². The molecule has 3 aromatic carbocycles. The highest BCUT2D eigenvalue weighted by Crippen LogP contribution is 2.36. The minimum Gasteiger partial charge on any atom is -0.455 e. The molecule has 3 aromatic heterocycles. The Morgan fingerprint density at radius 2 is 1.44 bits per heavy atom. The van der Waals surface area contributed by atoms with Crippen molar-refractivity contribution < 1.29 is 4.42 Å². The molecule has 32 heavy (non-hydrogen) atoms. The summed E-state index contributed by atoms with van der Waals surface area (Å²) in [6.07, 6.45) is 3.65. The predicted octanol–water partition coefficient (Wildman–Crippen LogP) is 7.08. The third-order valence-electron chi connectivity index (χ3n) is 5.69. The predicted molar refractivity (Wildman–Crippen MR) is 128 cm³/mol. The van der Waals surface area contributed by atoms with E-state index in [-0.39, 0.29) is 0 Å². The number of fused-ring (bicyclic) bond motifs is 3.